The Hall–Kier alpha value is -1.35. The molecule has 3 N–H and O–H groups in total. The molecule has 0 aromatic carbocycles. The van der Waals surface area contributed by atoms with E-state index in [0.717, 1.165) is 12.8 Å². The lowest BCUT2D eigenvalue weighted by Crippen LogP contribution is -2.54. The van der Waals surface area contributed by atoms with Gasteiger partial charge in [0.25, 0.3) is 0 Å². The molecule has 1 saturated heterocycles. The third-order valence-electron chi connectivity index (χ3n) is 3.79. The van der Waals surface area contributed by atoms with Gasteiger partial charge in [0.1, 0.15) is 6.04 Å². The van der Waals surface area contributed by atoms with E-state index in [-0.39, 0.29) is 12.3 Å². The first kappa shape index (κ1) is 17.7. The molecule has 2 amide bonds. The van der Waals surface area contributed by atoms with Crippen LogP contribution in [0.15, 0.2) is 0 Å². The molecule has 122 valence electrons. The van der Waals surface area contributed by atoms with Gasteiger partial charge in [-0.1, -0.05) is 13.3 Å². The lowest BCUT2D eigenvalue weighted by molar-refractivity contribution is -0.144. The van der Waals surface area contributed by atoms with Crippen molar-refractivity contribution in [2.24, 2.45) is 5.92 Å². The van der Waals surface area contributed by atoms with Gasteiger partial charge >= 0.3 is 12.0 Å². The first-order valence-corrected chi connectivity index (χ1v) is 8.64. The molecule has 8 nitrogen and oxygen atoms in total. The van der Waals surface area contributed by atoms with Crippen molar-refractivity contribution in [2.75, 3.05) is 25.9 Å². The number of carbonyl (C=O) groups is 2. The van der Waals surface area contributed by atoms with E-state index in [1.54, 1.807) is 0 Å². The summed E-state index contributed by atoms with van der Waals surface area (Å²) in [6.07, 6.45) is 2.09. The number of carbonyl (C=O) groups excluding carboxylic acids is 1. The van der Waals surface area contributed by atoms with Crippen LogP contribution in [0.3, 0.4) is 0 Å². The van der Waals surface area contributed by atoms with E-state index in [1.165, 1.54) is 11.9 Å². The normalized spacial score (nSPS) is 22.9. The summed E-state index contributed by atoms with van der Waals surface area (Å²) in [7, 11) is -2.09. The second kappa shape index (κ2) is 7.60. The van der Waals surface area contributed by atoms with Gasteiger partial charge in [0.05, 0.1) is 5.75 Å². The lowest BCUT2D eigenvalue weighted by atomic mass is 9.89. The van der Waals surface area contributed by atoms with Crippen LogP contribution in [0, 0.1) is 5.92 Å². The zero-order chi connectivity index (χ0) is 16.0. The number of hydrogen-bond acceptors (Lipinski definition) is 4. The molecule has 2 atom stereocenters. The van der Waals surface area contributed by atoms with Crippen LogP contribution in [-0.4, -0.2) is 62.4 Å². The number of piperidine rings is 1. The summed E-state index contributed by atoms with van der Waals surface area (Å²) in [5, 5.41) is 11.7. The van der Waals surface area contributed by atoms with Crippen molar-refractivity contribution in [3.8, 4) is 0 Å². The van der Waals surface area contributed by atoms with Crippen LogP contribution >= 0.6 is 0 Å². The number of aliphatic carboxylic acids is 1. The first-order valence-electron chi connectivity index (χ1n) is 6.99. The van der Waals surface area contributed by atoms with E-state index < -0.39 is 28.1 Å². The molecule has 0 aromatic rings. The van der Waals surface area contributed by atoms with Crippen LogP contribution in [0.5, 0.6) is 0 Å². The summed E-state index contributed by atoms with van der Waals surface area (Å²) >= 11 is 0. The van der Waals surface area contributed by atoms with E-state index in [0.29, 0.717) is 18.9 Å². The number of urea groups is 1. The molecule has 1 fully saturated rings. The van der Waals surface area contributed by atoms with E-state index in [1.807, 2.05) is 6.92 Å². The fraction of sp³-hybridized carbons (Fsp3) is 0.833. The summed E-state index contributed by atoms with van der Waals surface area (Å²) in [4.78, 5) is 24.6. The first-order chi connectivity index (χ1) is 9.80. The number of rotatable bonds is 6. The third-order valence-corrected chi connectivity index (χ3v) is 5.16. The van der Waals surface area contributed by atoms with Gasteiger partial charge in [0.15, 0.2) is 0 Å². The van der Waals surface area contributed by atoms with Crippen molar-refractivity contribution in [3.63, 3.8) is 0 Å². The molecule has 1 aliphatic rings. The molecule has 0 saturated carbocycles. The Bertz CT molecular complexity index is 479. The maximum atomic E-state index is 12.0. The van der Waals surface area contributed by atoms with E-state index >= 15 is 0 Å². The Balaban J connectivity index is 2.57. The van der Waals surface area contributed by atoms with Gasteiger partial charge in [0.2, 0.25) is 10.0 Å². The number of carboxylic acid groups (broad SMARTS) is 1. The number of likely N-dealkylation sites (tertiary alicyclic amines) is 1. The standard InChI is InChI=1S/C12H23N3O5S/c1-3-9-4-6-15(10(8-9)11(16)17)12(18)14-5-7-21(19,20)13-2/h9-10,13H,3-8H2,1-2H3,(H,14,18)(H,16,17). The van der Waals surface area contributed by atoms with Crippen LogP contribution < -0.4 is 10.0 Å². The number of sulfonamides is 1. The summed E-state index contributed by atoms with van der Waals surface area (Å²) in [5.41, 5.74) is 0. The van der Waals surface area contributed by atoms with Crippen LogP contribution in [0.1, 0.15) is 26.2 Å². The molecular formula is C12H23N3O5S. The highest BCUT2D eigenvalue weighted by molar-refractivity contribution is 7.89. The number of nitrogens with zero attached hydrogens (tertiary/aromatic N) is 1. The number of amides is 2. The molecule has 1 aliphatic heterocycles. The summed E-state index contributed by atoms with van der Waals surface area (Å²) in [6.45, 7) is 2.32. The summed E-state index contributed by atoms with van der Waals surface area (Å²) < 4.78 is 24.6. The van der Waals surface area contributed by atoms with E-state index in [9.17, 15) is 23.1 Å². The predicted molar refractivity (Wildman–Crippen MR) is 77.4 cm³/mol. The minimum Gasteiger partial charge on any atom is -0.480 e. The zero-order valence-electron chi connectivity index (χ0n) is 12.3. The molecule has 9 heteroatoms. The van der Waals surface area contributed by atoms with Crippen molar-refractivity contribution in [2.45, 2.75) is 32.2 Å². The van der Waals surface area contributed by atoms with Crippen molar-refractivity contribution in [1.82, 2.24) is 14.9 Å². The van der Waals surface area contributed by atoms with Gasteiger partial charge in [0, 0.05) is 13.1 Å². The van der Waals surface area contributed by atoms with Crippen molar-refractivity contribution >= 4 is 22.0 Å². The SMILES string of the molecule is CCC1CCN(C(=O)NCCS(=O)(=O)NC)C(C(=O)O)C1. The highest BCUT2D eigenvalue weighted by Gasteiger charge is 2.35. The summed E-state index contributed by atoms with van der Waals surface area (Å²) in [5.74, 6) is -0.954. The van der Waals surface area contributed by atoms with Crippen LogP contribution in [-0.2, 0) is 14.8 Å². The molecule has 2 unspecified atom stereocenters. The van der Waals surface area contributed by atoms with E-state index in [2.05, 4.69) is 10.0 Å². The molecule has 1 rings (SSSR count). The third kappa shape index (κ3) is 5.16. The van der Waals surface area contributed by atoms with E-state index in [4.69, 9.17) is 0 Å². The average molecular weight is 321 g/mol. The maximum absolute atomic E-state index is 12.0. The number of nitrogens with one attached hydrogen (secondary N) is 2. The average Bonchev–Trinajstić information content (AvgIpc) is 2.46. The molecule has 0 bridgehead atoms. The highest BCUT2D eigenvalue weighted by Crippen LogP contribution is 2.25. The Morgan fingerprint density at radius 3 is 2.57 bits per heavy atom. The number of hydrogen-bond donors (Lipinski definition) is 3. The molecule has 0 aliphatic carbocycles. The molecule has 0 radical (unpaired) electrons. The number of carboxylic acids is 1. The van der Waals surface area contributed by atoms with Gasteiger partial charge in [-0.15, -0.1) is 0 Å². The Morgan fingerprint density at radius 2 is 2.05 bits per heavy atom. The monoisotopic (exact) mass is 321 g/mol. The van der Waals surface area contributed by atoms with Gasteiger partial charge in [-0.25, -0.2) is 22.7 Å². The van der Waals surface area contributed by atoms with Gasteiger partial charge in [-0.3, -0.25) is 0 Å². The van der Waals surface area contributed by atoms with Crippen molar-refractivity contribution < 1.29 is 23.1 Å². The topological polar surface area (TPSA) is 116 Å². The smallest absolute Gasteiger partial charge is 0.326 e. The minimum absolute atomic E-state index is 0.0535. The largest absolute Gasteiger partial charge is 0.480 e. The van der Waals surface area contributed by atoms with Crippen molar-refractivity contribution in [3.05, 3.63) is 0 Å². The fourth-order valence-corrected chi connectivity index (χ4v) is 2.96. The lowest BCUT2D eigenvalue weighted by Gasteiger charge is -2.36. The van der Waals surface area contributed by atoms with Gasteiger partial charge in [-0.05, 0) is 25.8 Å². The van der Waals surface area contributed by atoms with Crippen LogP contribution in [0.4, 0.5) is 4.79 Å². The molecule has 0 aromatic heterocycles. The Labute approximate surface area is 124 Å². The van der Waals surface area contributed by atoms with Gasteiger partial charge in [-0.2, -0.15) is 0 Å². The second-order valence-corrected chi connectivity index (χ2v) is 7.15. The van der Waals surface area contributed by atoms with Crippen LogP contribution in [0.25, 0.3) is 0 Å². The molecular weight excluding hydrogens is 298 g/mol. The summed E-state index contributed by atoms with van der Waals surface area (Å²) in [6, 6.07) is -1.37. The molecule has 0 spiro atoms. The highest BCUT2D eigenvalue weighted by atomic mass is 32.2. The Kier molecular flexibility index (Phi) is 6.41. The predicted octanol–water partition coefficient (Wildman–Crippen LogP) is -0.180. The minimum atomic E-state index is -3.39. The van der Waals surface area contributed by atoms with Crippen LogP contribution in [0.2, 0.25) is 0 Å². The molecule has 21 heavy (non-hydrogen) atoms. The van der Waals surface area contributed by atoms with Crippen molar-refractivity contribution in [1.29, 1.82) is 0 Å². The second-order valence-electron chi connectivity index (χ2n) is 5.10. The Morgan fingerprint density at radius 1 is 1.38 bits per heavy atom. The molecule has 1 heterocycles. The maximum Gasteiger partial charge on any atom is 0.326 e. The zero-order valence-corrected chi connectivity index (χ0v) is 13.1. The fourth-order valence-electron chi connectivity index (χ4n) is 2.38. The quantitative estimate of drug-likeness (QED) is 0.627. The van der Waals surface area contributed by atoms with Gasteiger partial charge < -0.3 is 15.3 Å².